The largest absolute Gasteiger partial charge is 0.495 e. The third-order valence-electron chi connectivity index (χ3n) is 3.56. The van der Waals surface area contributed by atoms with Crippen LogP contribution in [0.5, 0.6) is 5.75 Å². The van der Waals surface area contributed by atoms with Gasteiger partial charge in [-0.3, -0.25) is 9.59 Å². The number of aryl methyl sites for hydroxylation is 1. The van der Waals surface area contributed by atoms with E-state index in [0.29, 0.717) is 27.2 Å². The molecule has 7 heteroatoms. The molecule has 0 saturated carbocycles. The van der Waals surface area contributed by atoms with Crippen molar-refractivity contribution < 1.29 is 14.3 Å². The molecule has 0 heterocycles. The van der Waals surface area contributed by atoms with Crippen LogP contribution >= 0.6 is 23.2 Å². The smallest absolute Gasteiger partial charge is 0.244 e. The van der Waals surface area contributed by atoms with E-state index in [1.54, 1.807) is 36.4 Å². The Morgan fingerprint density at radius 2 is 1.92 bits per heavy atom. The van der Waals surface area contributed by atoms with Crippen LogP contribution < -0.4 is 15.0 Å². The fraction of sp³-hybridized carbons (Fsp3) is 0.222. The predicted molar refractivity (Wildman–Crippen MR) is 101 cm³/mol. The molecule has 1 N–H and O–H groups in total. The van der Waals surface area contributed by atoms with Crippen molar-refractivity contribution in [2.45, 2.75) is 13.8 Å². The van der Waals surface area contributed by atoms with Crippen LogP contribution in [0.25, 0.3) is 0 Å². The number of hydrogen-bond donors (Lipinski definition) is 1. The molecule has 0 aliphatic rings. The van der Waals surface area contributed by atoms with Gasteiger partial charge in [-0.15, -0.1) is 0 Å². The highest BCUT2D eigenvalue weighted by Gasteiger charge is 2.18. The van der Waals surface area contributed by atoms with E-state index >= 15 is 0 Å². The summed E-state index contributed by atoms with van der Waals surface area (Å²) in [6.45, 7) is 3.06. The summed E-state index contributed by atoms with van der Waals surface area (Å²) in [6, 6.07) is 10.1. The zero-order valence-corrected chi connectivity index (χ0v) is 15.6. The van der Waals surface area contributed by atoms with Crippen molar-refractivity contribution in [3.63, 3.8) is 0 Å². The molecule has 2 aromatic rings. The van der Waals surface area contributed by atoms with Crippen molar-refractivity contribution in [1.29, 1.82) is 0 Å². The number of rotatable bonds is 5. The summed E-state index contributed by atoms with van der Waals surface area (Å²) < 4.78 is 5.24. The van der Waals surface area contributed by atoms with Crippen molar-refractivity contribution in [2.75, 3.05) is 23.9 Å². The lowest BCUT2D eigenvalue weighted by atomic mass is 10.2. The molecule has 0 atom stereocenters. The standard InChI is InChI=1S/C18H18Cl2N2O3/c1-11-7-16(17(25-3)9-15(11)20)21-18(24)10-22(12(2)23)14-6-4-5-13(19)8-14/h4-9H,10H2,1-3H3,(H,21,24). The maximum atomic E-state index is 12.4. The zero-order valence-electron chi connectivity index (χ0n) is 14.1. The third kappa shape index (κ3) is 4.87. The highest BCUT2D eigenvalue weighted by atomic mass is 35.5. The first-order valence-electron chi connectivity index (χ1n) is 7.49. The highest BCUT2D eigenvalue weighted by Crippen LogP contribution is 2.31. The number of amides is 2. The highest BCUT2D eigenvalue weighted by molar-refractivity contribution is 6.31. The Labute approximate surface area is 156 Å². The summed E-state index contributed by atoms with van der Waals surface area (Å²) >= 11 is 12.0. The molecule has 0 aromatic heterocycles. The van der Waals surface area contributed by atoms with Gasteiger partial charge in [0.05, 0.1) is 12.8 Å². The van der Waals surface area contributed by atoms with E-state index in [0.717, 1.165) is 5.56 Å². The van der Waals surface area contributed by atoms with Gasteiger partial charge in [-0.2, -0.15) is 0 Å². The van der Waals surface area contributed by atoms with Crippen molar-refractivity contribution in [3.05, 3.63) is 52.0 Å². The summed E-state index contributed by atoms with van der Waals surface area (Å²) in [5.74, 6) is -0.187. The fourth-order valence-electron chi connectivity index (χ4n) is 2.29. The Morgan fingerprint density at radius 3 is 2.52 bits per heavy atom. The summed E-state index contributed by atoms with van der Waals surface area (Å²) in [7, 11) is 1.49. The van der Waals surface area contributed by atoms with Crippen LogP contribution in [0.1, 0.15) is 12.5 Å². The lowest BCUT2D eigenvalue weighted by molar-refractivity contribution is -0.120. The van der Waals surface area contributed by atoms with Gasteiger partial charge in [-0.1, -0.05) is 29.3 Å². The summed E-state index contributed by atoms with van der Waals surface area (Å²) in [6.07, 6.45) is 0. The third-order valence-corrected chi connectivity index (χ3v) is 4.20. The molecular formula is C18H18Cl2N2O3. The first-order chi connectivity index (χ1) is 11.8. The van der Waals surface area contributed by atoms with Crippen molar-refractivity contribution in [1.82, 2.24) is 0 Å². The number of anilines is 2. The SMILES string of the molecule is COc1cc(Cl)c(C)cc1NC(=O)CN(C(C)=O)c1cccc(Cl)c1. The van der Waals surface area contributed by atoms with Crippen molar-refractivity contribution in [3.8, 4) is 5.75 Å². The van der Waals surface area contributed by atoms with E-state index in [1.807, 2.05) is 6.92 Å². The van der Waals surface area contributed by atoms with E-state index in [-0.39, 0.29) is 18.4 Å². The van der Waals surface area contributed by atoms with Crippen LogP contribution in [-0.2, 0) is 9.59 Å². The average molecular weight is 381 g/mol. The summed E-state index contributed by atoms with van der Waals surface area (Å²) in [5, 5.41) is 3.78. The molecular weight excluding hydrogens is 363 g/mol. The van der Waals surface area contributed by atoms with E-state index in [1.165, 1.54) is 18.9 Å². The van der Waals surface area contributed by atoms with E-state index in [2.05, 4.69) is 5.32 Å². The minimum absolute atomic E-state index is 0.152. The van der Waals surface area contributed by atoms with Gasteiger partial charge < -0.3 is 15.0 Å². The molecule has 2 rings (SSSR count). The molecule has 2 aromatic carbocycles. The Bertz CT molecular complexity index is 809. The van der Waals surface area contributed by atoms with Crippen LogP contribution in [0.3, 0.4) is 0 Å². The maximum Gasteiger partial charge on any atom is 0.244 e. The molecule has 0 spiro atoms. The molecule has 25 heavy (non-hydrogen) atoms. The fourth-order valence-corrected chi connectivity index (χ4v) is 2.63. The number of nitrogens with one attached hydrogen (secondary N) is 1. The van der Waals surface area contributed by atoms with Crippen LogP contribution in [-0.4, -0.2) is 25.5 Å². The second-order valence-corrected chi connectivity index (χ2v) is 6.28. The molecule has 0 fully saturated rings. The lowest BCUT2D eigenvalue weighted by Gasteiger charge is -2.21. The Kier molecular flexibility index (Phi) is 6.28. The Hall–Kier alpha value is -2.24. The van der Waals surface area contributed by atoms with Gasteiger partial charge in [0, 0.05) is 28.7 Å². The van der Waals surface area contributed by atoms with Gasteiger partial charge in [-0.05, 0) is 36.8 Å². The lowest BCUT2D eigenvalue weighted by Crippen LogP contribution is -2.36. The summed E-state index contributed by atoms with van der Waals surface area (Å²) in [5.41, 5.74) is 1.84. The van der Waals surface area contributed by atoms with Crippen molar-refractivity contribution >= 4 is 46.4 Å². The molecule has 0 aliphatic heterocycles. The second kappa shape index (κ2) is 8.23. The molecule has 0 unspecified atom stereocenters. The minimum atomic E-state index is -0.366. The van der Waals surface area contributed by atoms with Gasteiger partial charge in [0.2, 0.25) is 11.8 Å². The first-order valence-corrected chi connectivity index (χ1v) is 8.25. The van der Waals surface area contributed by atoms with E-state index < -0.39 is 0 Å². The summed E-state index contributed by atoms with van der Waals surface area (Å²) in [4.78, 5) is 25.7. The van der Waals surface area contributed by atoms with Gasteiger partial charge in [0.15, 0.2) is 0 Å². The van der Waals surface area contributed by atoms with Crippen LogP contribution in [0.15, 0.2) is 36.4 Å². The predicted octanol–water partition coefficient (Wildman–Crippen LogP) is 4.30. The number of benzene rings is 2. The molecule has 0 aliphatic carbocycles. The molecule has 0 saturated heterocycles. The van der Waals surface area contributed by atoms with Gasteiger partial charge in [0.1, 0.15) is 12.3 Å². The van der Waals surface area contributed by atoms with Crippen molar-refractivity contribution in [2.24, 2.45) is 0 Å². The molecule has 5 nitrogen and oxygen atoms in total. The number of methoxy groups -OCH3 is 1. The van der Waals surface area contributed by atoms with Crippen LogP contribution in [0.2, 0.25) is 10.0 Å². The molecule has 0 radical (unpaired) electrons. The molecule has 2 amide bonds. The molecule has 0 bridgehead atoms. The number of hydrogen-bond acceptors (Lipinski definition) is 3. The Morgan fingerprint density at radius 1 is 1.20 bits per heavy atom. The topological polar surface area (TPSA) is 58.6 Å². The molecule has 132 valence electrons. The number of ether oxygens (including phenoxy) is 1. The number of carbonyl (C=O) groups excluding carboxylic acids is 2. The van der Waals surface area contributed by atoms with Crippen LogP contribution in [0.4, 0.5) is 11.4 Å². The van der Waals surface area contributed by atoms with E-state index in [4.69, 9.17) is 27.9 Å². The van der Waals surface area contributed by atoms with Gasteiger partial charge >= 0.3 is 0 Å². The number of carbonyl (C=O) groups is 2. The van der Waals surface area contributed by atoms with Crippen LogP contribution in [0, 0.1) is 6.92 Å². The Balaban J connectivity index is 2.20. The quantitative estimate of drug-likeness (QED) is 0.840. The normalized spacial score (nSPS) is 10.3. The second-order valence-electron chi connectivity index (χ2n) is 5.43. The first kappa shape index (κ1) is 19.1. The maximum absolute atomic E-state index is 12.4. The minimum Gasteiger partial charge on any atom is -0.495 e. The monoisotopic (exact) mass is 380 g/mol. The number of halogens is 2. The average Bonchev–Trinajstić information content (AvgIpc) is 2.55. The number of nitrogens with zero attached hydrogens (tertiary/aromatic N) is 1. The van der Waals surface area contributed by atoms with Gasteiger partial charge in [-0.25, -0.2) is 0 Å². The zero-order chi connectivity index (χ0) is 18.6. The van der Waals surface area contributed by atoms with E-state index in [9.17, 15) is 9.59 Å². The van der Waals surface area contributed by atoms with Gasteiger partial charge in [0.25, 0.3) is 0 Å².